The van der Waals surface area contributed by atoms with Crippen molar-refractivity contribution in [2.24, 2.45) is 5.92 Å². The molecule has 2 bridgehead atoms. The minimum absolute atomic E-state index is 0.135. The third-order valence-corrected chi connectivity index (χ3v) is 6.27. The molecular formula is C18H20FN3OS. The van der Waals surface area contributed by atoms with E-state index < -0.39 is 0 Å². The molecule has 1 N–H and O–H groups in total. The summed E-state index contributed by atoms with van der Waals surface area (Å²) in [7, 11) is 0. The lowest BCUT2D eigenvalue weighted by Crippen LogP contribution is -2.57. The van der Waals surface area contributed by atoms with Gasteiger partial charge >= 0.3 is 0 Å². The molecule has 1 amide bonds. The molecule has 0 radical (unpaired) electrons. The zero-order chi connectivity index (χ0) is 16.7. The monoisotopic (exact) mass is 345 g/mol. The summed E-state index contributed by atoms with van der Waals surface area (Å²) >= 11 is 1.27. The van der Waals surface area contributed by atoms with Crippen molar-refractivity contribution in [1.29, 1.82) is 0 Å². The Kier molecular flexibility index (Phi) is 4.10. The van der Waals surface area contributed by atoms with E-state index in [9.17, 15) is 9.18 Å². The summed E-state index contributed by atoms with van der Waals surface area (Å²) in [6.07, 6.45) is 2.31. The number of aryl methyl sites for hydroxylation is 1. The van der Waals surface area contributed by atoms with Crippen LogP contribution in [0.1, 0.15) is 28.3 Å². The quantitative estimate of drug-likeness (QED) is 0.930. The van der Waals surface area contributed by atoms with Crippen LogP contribution in [0.25, 0.3) is 10.4 Å². The highest BCUT2D eigenvalue weighted by Crippen LogP contribution is 2.32. The smallest absolute Gasteiger partial charge is 0.280 e. The molecule has 5 rings (SSSR count). The van der Waals surface area contributed by atoms with E-state index in [2.05, 4.69) is 15.2 Å². The predicted molar refractivity (Wildman–Crippen MR) is 92.7 cm³/mol. The highest BCUT2D eigenvalue weighted by molar-refractivity contribution is 7.17. The summed E-state index contributed by atoms with van der Waals surface area (Å²) in [4.78, 5) is 20.1. The average molecular weight is 345 g/mol. The number of aromatic nitrogens is 1. The molecule has 4 heterocycles. The molecule has 1 atom stereocenters. The summed E-state index contributed by atoms with van der Waals surface area (Å²) in [5.74, 6) is 0.157. The lowest BCUT2D eigenvalue weighted by Gasteiger charge is -2.44. The SMILES string of the molecule is Cc1nc(C(=O)N[C@H]2CN3CCC2CC3)sc1-c1ccccc1F. The van der Waals surface area contributed by atoms with Gasteiger partial charge < -0.3 is 10.2 Å². The summed E-state index contributed by atoms with van der Waals surface area (Å²) in [6, 6.07) is 6.83. The lowest BCUT2D eigenvalue weighted by molar-refractivity contribution is 0.0620. The average Bonchev–Trinajstić information content (AvgIpc) is 2.98. The third-order valence-electron chi connectivity index (χ3n) is 5.08. The van der Waals surface area contributed by atoms with E-state index in [0.717, 1.165) is 37.4 Å². The minimum atomic E-state index is -0.284. The zero-order valence-corrected chi connectivity index (χ0v) is 14.4. The maximum atomic E-state index is 14.0. The van der Waals surface area contributed by atoms with Gasteiger partial charge in [0.05, 0.1) is 10.6 Å². The first kappa shape index (κ1) is 15.7. The Bertz CT molecular complexity index is 767. The summed E-state index contributed by atoms with van der Waals surface area (Å²) in [6.45, 7) is 5.04. The number of rotatable bonds is 3. The van der Waals surface area contributed by atoms with Crippen molar-refractivity contribution >= 4 is 17.2 Å². The number of hydrogen-bond acceptors (Lipinski definition) is 4. The van der Waals surface area contributed by atoms with Crippen molar-refractivity contribution in [2.75, 3.05) is 19.6 Å². The van der Waals surface area contributed by atoms with E-state index in [1.807, 2.05) is 6.92 Å². The van der Waals surface area contributed by atoms with E-state index in [1.54, 1.807) is 18.2 Å². The Balaban J connectivity index is 1.54. The molecule has 4 nitrogen and oxygen atoms in total. The molecule has 0 spiro atoms. The number of benzene rings is 1. The van der Waals surface area contributed by atoms with Gasteiger partial charge in [-0.3, -0.25) is 4.79 Å². The van der Waals surface area contributed by atoms with Crippen LogP contribution in [0.2, 0.25) is 0 Å². The normalized spacial score (nSPS) is 25.7. The lowest BCUT2D eigenvalue weighted by atomic mass is 9.84. The zero-order valence-electron chi connectivity index (χ0n) is 13.6. The number of hydrogen-bond donors (Lipinski definition) is 1. The van der Waals surface area contributed by atoms with Crippen LogP contribution in [0, 0.1) is 18.7 Å². The largest absolute Gasteiger partial charge is 0.346 e. The van der Waals surface area contributed by atoms with Crippen LogP contribution in [0.3, 0.4) is 0 Å². The van der Waals surface area contributed by atoms with Gasteiger partial charge in [-0.05, 0) is 44.8 Å². The van der Waals surface area contributed by atoms with Gasteiger partial charge in [0, 0.05) is 18.2 Å². The van der Waals surface area contributed by atoms with E-state index in [4.69, 9.17) is 0 Å². The Morgan fingerprint density at radius 2 is 2.08 bits per heavy atom. The number of thiazole rings is 1. The van der Waals surface area contributed by atoms with Crippen LogP contribution in [0.15, 0.2) is 24.3 Å². The maximum absolute atomic E-state index is 14.0. The highest BCUT2D eigenvalue weighted by Gasteiger charge is 2.35. The first-order chi connectivity index (χ1) is 11.6. The number of nitrogens with one attached hydrogen (secondary N) is 1. The van der Waals surface area contributed by atoms with Crippen molar-refractivity contribution in [3.8, 4) is 10.4 Å². The fourth-order valence-corrected chi connectivity index (χ4v) is 4.74. The van der Waals surface area contributed by atoms with E-state index in [-0.39, 0.29) is 17.8 Å². The van der Waals surface area contributed by atoms with Gasteiger partial charge in [-0.2, -0.15) is 0 Å². The summed E-state index contributed by atoms with van der Waals surface area (Å²) in [5.41, 5.74) is 1.21. The van der Waals surface area contributed by atoms with Crippen LogP contribution in [-0.2, 0) is 0 Å². The van der Waals surface area contributed by atoms with Gasteiger partial charge in [0.2, 0.25) is 0 Å². The molecule has 2 aromatic rings. The predicted octanol–water partition coefficient (Wildman–Crippen LogP) is 3.08. The topological polar surface area (TPSA) is 45.2 Å². The second-order valence-corrected chi connectivity index (χ2v) is 7.63. The van der Waals surface area contributed by atoms with Crippen LogP contribution in [0.5, 0.6) is 0 Å². The molecular weight excluding hydrogens is 325 g/mol. The third kappa shape index (κ3) is 2.84. The maximum Gasteiger partial charge on any atom is 0.280 e. The second kappa shape index (κ2) is 6.26. The van der Waals surface area contributed by atoms with Crippen molar-refractivity contribution < 1.29 is 9.18 Å². The number of carbonyl (C=O) groups excluding carboxylic acids is 1. The van der Waals surface area contributed by atoms with Crippen LogP contribution in [-0.4, -0.2) is 41.5 Å². The number of halogens is 1. The summed E-state index contributed by atoms with van der Waals surface area (Å²) in [5, 5.41) is 3.57. The first-order valence-electron chi connectivity index (χ1n) is 8.37. The van der Waals surface area contributed by atoms with Crippen LogP contribution in [0.4, 0.5) is 4.39 Å². The Morgan fingerprint density at radius 1 is 1.33 bits per heavy atom. The molecule has 0 saturated carbocycles. The standard InChI is InChI=1S/C18H20FN3OS/c1-11-16(13-4-2-3-5-14(13)19)24-18(20-11)17(23)21-15-10-22-8-6-12(15)7-9-22/h2-5,12,15H,6-10H2,1H3,(H,21,23)/t15-/m0/s1. The van der Waals surface area contributed by atoms with E-state index in [0.29, 0.717) is 22.2 Å². The number of carbonyl (C=O) groups is 1. The fraction of sp³-hybridized carbons (Fsp3) is 0.444. The van der Waals surface area contributed by atoms with Crippen LogP contribution >= 0.6 is 11.3 Å². The Labute approximate surface area is 144 Å². The van der Waals surface area contributed by atoms with E-state index >= 15 is 0 Å². The molecule has 0 aliphatic carbocycles. The molecule has 3 aliphatic heterocycles. The van der Waals surface area contributed by atoms with Gasteiger partial charge in [-0.15, -0.1) is 11.3 Å². The number of amides is 1. The van der Waals surface area contributed by atoms with Gasteiger partial charge in [0.1, 0.15) is 5.82 Å². The second-order valence-electron chi connectivity index (χ2n) is 6.63. The molecule has 0 unspecified atom stereocenters. The minimum Gasteiger partial charge on any atom is -0.346 e. The number of nitrogens with zero attached hydrogens (tertiary/aromatic N) is 2. The Morgan fingerprint density at radius 3 is 2.75 bits per heavy atom. The molecule has 126 valence electrons. The molecule has 1 aromatic heterocycles. The highest BCUT2D eigenvalue weighted by atomic mass is 32.1. The van der Waals surface area contributed by atoms with Gasteiger partial charge in [0.25, 0.3) is 5.91 Å². The summed E-state index contributed by atoms with van der Waals surface area (Å²) < 4.78 is 14.0. The number of fused-ring (bicyclic) bond motifs is 3. The van der Waals surface area contributed by atoms with Crippen molar-refractivity contribution in [2.45, 2.75) is 25.8 Å². The van der Waals surface area contributed by atoms with Crippen molar-refractivity contribution in [3.05, 3.63) is 40.8 Å². The van der Waals surface area contributed by atoms with Gasteiger partial charge in [-0.1, -0.05) is 18.2 Å². The fourth-order valence-electron chi connectivity index (χ4n) is 3.75. The molecule has 6 heteroatoms. The van der Waals surface area contributed by atoms with Crippen molar-refractivity contribution in [1.82, 2.24) is 15.2 Å². The van der Waals surface area contributed by atoms with Gasteiger partial charge in [0.15, 0.2) is 5.01 Å². The molecule has 24 heavy (non-hydrogen) atoms. The van der Waals surface area contributed by atoms with Gasteiger partial charge in [-0.25, -0.2) is 9.37 Å². The molecule has 3 saturated heterocycles. The molecule has 1 aromatic carbocycles. The Hall–Kier alpha value is -1.79. The molecule has 3 fully saturated rings. The van der Waals surface area contributed by atoms with Crippen molar-refractivity contribution in [3.63, 3.8) is 0 Å². The van der Waals surface area contributed by atoms with Crippen LogP contribution < -0.4 is 5.32 Å². The first-order valence-corrected chi connectivity index (χ1v) is 9.19. The molecule has 3 aliphatic rings. The number of piperidine rings is 3. The van der Waals surface area contributed by atoms with E-state index in [1.165, 1.54) is 17.4 Å².